The van der Waals surface area contributed by atoms with Crippen molar-refractivity contribution in [2.24, 2.45) is 0 Å². The number of carbonyl (C=O) groups is 1. The monoisotopic (exact) mass is 399 g/mol. The largest absolute Gasteiger partial charge is 0.380 e. The van der Waals surface area contributed by atoms with Crippen molar-refractivity contribution in [3.8, 4) is 0 Å². The maximum absolute atomic E-state index is 12.2. The number of hydrogen-bond acceptors (Lipinski definition) is 6. The van der Waals surface area contributed by atoms with Crippen molar-refractivity contribution in [3.63, 3.8) is 0 Å². The van der Waals surface area contributed by atoms with Crippen LogP contribution in [0.1, 0.15) is 6.42 Å². The molecule has 0 bridgehead atoms. The molecule has 1 aromatic heterocycles. The van der Waals surface area contributed by atoms with Crippen LogP contribution in [0.5, 0.6) is 0 Å². The lowest BCUT2D eigenvalue weighted by atomic mass is 10.2. The normalized spacial score (nSPS) is 16.8. The highest BCUT2D eigenvalue weighted by Crippen LogP contribution is 2.29. The molecular weight excluding hydrogens is 378 g/mol. The molecule has 1 amide bonds. The molecule has 2 aromatic carbocycles. The zero-order chi connectivity index (χ0) is 18.6. The molecule has 140 valence electrons. The summed E-state index contributed by atoms with van der Waals surface area (Å²) in [5.41, 5.74) is 2.96. The van der Waals surface area contributed by atoms with Gasteiger partial charge in [0.15, 0.2) is 4.34 Å². The Hall–Kier alpha value is -2.09. The molecular formula is C20H21N3O2S2. The van der Waals surface area contributed by atoms with Gasteiger partial charge in [-0.05, 0) is 42.8 Å². The fraction of sp³-hybridized carbons (Fsp3) is 0.300. The van der Waals surface area contributed by atoms with Crippen molar-refractivity contribution in [3.05, 3.63) is 48.5 Å². The van der Waals surface area contributed by atoms with Crippen LogP contribution < -0.4 is 10.2 Å². The van der Waals surface area contributed by atoms with E-state index in [1.807, 2.05) is 48.5 Å². The van der Waals surface area contributed by atoms with Gasteiger partial charge >= 0.3 is 0 Å². The lowest BCUT2D eigenvalue weighted by Gasteiger charge is -2.18. The highest BCUT2D eigenvalue weighted by atomic mass is 32.2. The average Bonchev–Trinajstić information content (AvgIpc) is 3.33. The Morgan fingerprint density at radius 3 is 2.85 bits per heavy atom. The van der Waals surface area contributed by atoms with Gasteiger partial charge < -0.3 is 15.0 Å². The molecule has 4 rings (SSSR count). The Morgan fingerprint density at radius 1 is 1.30 bits per heavy atom. The number of thiazole rings is 1. The van der Waals surface area contributed by atoms with E-state index in [0.29, 0.717) is 11.9 Å². The molecule has 2 heterocycles. The number of benzene rings is 2. The molecule has 1 N–H and O–H groups in total. The molecule has 0 saturated carbocycles. The zero-order valence-corrected chi connectivity index (χ0v) is 16.7. The zero-order valence-electron chi connectivity index (χ0n) is 15.1. The minimum Gasteiger partial charge on any atom is -0.380 e. The number of aromatic nitrogens is 1. The van der Waals surface area contributed by atoms with Crippen molar-refractivity contribution < 1.29 is 9.53 Å². The first-order valence-corrected chi connectivity index (χ1v) is 10.7. The molecule has 27 heavy (non-hydrogen) atoms. The van der Waals surface area contributed by atoms with E-state index in [4.69, 9.17) is 4.74 Å². The van der Waals surface area contributed by atoms with Crippen LogP contribution in [0, 0.1) is 0 Å². The molecule has 5 nitrogen and oxygen atoms in total. The summed E-state index contributed by atoms with van der Waals surface area (Å²) >= 11 is 3.09. The molecule has 0 radical (unpaired) electrons. The minimum atomic E-state index is -0.0207. The number of thioether (sulfide) groups is 1. The summed E-state index contributed by atoms with van der Waals surface area (Å²) in [5, 5.41) is 2.96. The topological polar surface area (TPSA) is 54.5 Å². The van der Waals surface area contributed by atoms with Gasteiger partial charge in [0.05, 0.1) is 22.1 Å². The van der Waals surface area contributed by atoms with Crippen LogP contribution in [0.2, 0.25) is 0 Å². The minimum absolute atomic E-state index is 0.0207. The van der Waals surface area contributed by atoms with Crippen LogP contribution in [0.15, 0.2) is 52.9 Å². The smallest absolute Gasteiger partial charge is 0.234 e. The number of rotatable bonds is 6. The third-order valence-corrected chi connectivity index (χ3v) is 6.77. The Labute approximate surface area is 166 Å². The van der Waals surface area contributed by atoms with Crippen molar-refractivity contribution in [2.75, 3.05) is 36.2 Å². The summed E-state index contributed by atoms with van der Waals surface area (Å²) in [6, 6.07) is 16.0. The molecule has 1 atom stereocenters. The summed E-state index contributed by atoms with van der Waals surface area (Å²) < 4.78 is 7.48. The average molecular weight is 400 g/mol. The van der Waals surface area contributed by atoms with Gasteiger partial charge in [0.1, 0.15) is 0 Å². The van der Waals surface area contributed by atoms with E-state index < -0.39 is 0 Å². The van der Waals surface area contributed by atoms with E-state index in [1.165, 1.54) is 11.8 Å². The van der Waals surface area contributed by atoms with Gasteiger partial charge in [-0.3, -0.25) is 4.79 Å². The second kappa shape index (κ2) is 8.29. The van der Waals surface area contributed by atoms with Crippen LogP contribution >= 0.6 is 23.1 Å². The molecule has 1 saturated heterocycles. The number of para-hydroxylation sites is 1. The van der Waals surface area contributed by atoms with Crippen LogP contribution in [0.4, 0.5) is 11.4 Å². The number of hydrogen-bond donors (Lipinski definition) is 1. The molecule has 1 aliphatic rings. The van der Waals surface area contributed by atoms with Crippen molar-refractivity contribution >= 4 is 50.6 Å². The highest BCUT2D eigenvalue weighted by molar-refractivity contribution is 8.01. The van der Waals surface area contributed by atoms with E-state index in [1.54, 1.807) is 18.4 Å². The second-order valence-corrected chi connectivity index (χ2v) is 8.68. The van der Waals surface area contributed by atoms with E-state index in [2.05, 4.69) is 15.2 Å². The number of nitrogens with zero attached hydrogens (tertiary/aromatic N) is 2. The number of anilines is 2. The fourth-order valence-corrected chi connectivity index (χ4v) is 5.02. The molecule has 1 fully saturated rings. The number of ether oxygens (including phenoxy) is 1. The summed E-state index contributed by atoms with van der Waals surface area (Å²) in [6.45, 7) is 1.92. The Bertz CT molecular complexity index is 893. The molecule has 0 spiro atoms. The van der Waals surface area contributed by atoms with Gasteiger partial charge in [0, 0.05) is 31.6 Å². The Balaban J connectivity index is 1.30. The van der Waals surface area contributed by atoms with Crippen molar-refractivity contribution in [1.29, 1.82) is 0 Å². The molecule has 3 aromatic rings. The third kappa shape index (κ3) is 4.43. The summed E-state index contributed by atoms with van der Waals surface area (Å²) in [4.78, 5) is 19.1. The van der Waals surface area contributed by atoms with Crippen molar-refractivity contribution in [2.45, 2.75) is 16.9 Å². The van der Waals surface area contributed by atoms with Gasteiger partial charge in [-0.25, -0.2) is 4.98 Å². The molecule has 0 aliphatic carbocycles. The maximum Gasteiger partial charge on any atom is 0.234 e. The Morgan fingerprint density at radius 2 is 2.11 bits per heavy atom. The molecule has 1 aliphatic heterocycles. The van der Waals surface area contributed by atoms with Gasteiger partial charge in [0.2, 0.25) is 5.91 Å². The van der Waals surface area contributed by atoms with Crippen LogP contribution in [0.3, 0.4) is 0 Å². The summed E-state index contributed by atoms with van der Waals surface area (Å²) in [6.07, 6.45) is 1.36. The van der Waals surface area contributed by atoms with Crippen LogP contribution in [0.25, 0.3) is 10.2 Å². The predicted octanol–water partition coefficient (Wildman–Crippen LogP) is 4.25. The van der Waals surface area contributed by atoms with E-state index in [-0.39, 0.29) is 5.91 Å². The van der Waals surface area contributed by atoms with E-state index in [0.717, 1.165) is 45.4 Å². The standard InChI is InChI=1S/C20H21N3O2S2/c1-25-16-10-11-23(12-16)15-8-6-14(7-9-15)21-19(24)13-26-20-22-17-4-2-3-5-18(17)27-20/h2-9,16H,10-13H2,1H3,(H,21,24). The number of methoxy groups -OCH3 is 1. The predicted molar refractivity (Wildman–Crippen MR) is 113 cm³/mol. The van der Waals surface area contributed by atoms with Crippen molar-refractivity contribution in [1.82, 2.24) is 4.98 Å². The first-order chi connectivity index (χ1) is 13.2. The lowest BCUT2D eigenvalue weighted by molar-refractivity contribution is -0.113. The van der Waals surface area contributed by atoms with E-state index in [9.17, 15) is 4.79 Å². The van der Waals surface area contributed by atoms with Gasteiger partial charge in [-0.15, -0.1) is 11.3 Å². The van der Waals surface area contributed by atoms with Gasteiger partial charge in [-0.2, -0.15) is 0 Å². The maximum atomic E-state index is 12.2. The number of amides is 1. The lowest BCUT2D eigenvalue weighted by Crippen LogP contribution is -2.22. The van der Waals surface area contributed by atoms with Gasteiger partial charge in [-0.1, -0.05) is 23.9 Å². The third-order valence-electron chi connectivity index (χ3n) is 4.60. The first-order valence-electron chi connectivity index (χ1n) is 8.87. The summed E-state index contributed by atoms with van der Waals surface area (Å²) in [7, 11) is 1.76. The van der Waals surface area contributed by atoms with Crippen LogP contribution in [-0.4, -0.2) is 42.9 Å². The molecule has 7 heteroatoms. The SMILES string of the molecule is COC1CCN(c2ccc(NC(=O)CSc3nc4ccccc4s3)cc2)C1. The van der Waals surface area contributed by atoms with E-state index >= 15 is 0 Å². The molecule has 1 unspecified atom stereocenters. The second-order valence-electron chi connectivity index (χ2n) is 6.42. The fourth-order valence-electron chi connectivity index (χ4n) is 3.15. The highest BCUT2D eigenvalue weighted by Gasteiger charge is 2.22. The van der Waals surface area contributed by atoms with Crippen LogP contribution in [-0.2, 0) is 9.53 Å². The first kappa shape index (κ1) is 18.3. The number of fused-ring (bicyclic) bond motifs is 1. The quantitative estimate of drug-likeness (QED) is 0.628. The number of carbonyl (C=O) groups excluding carboxylic acids is 1. The summed E-state index contributed by atoms with van der Waals surface area (Å²) in [5.74, 6) is 0.330. The Kier molecular flexibility index (Phi) is 5.61. The van der Waals surface area contributed by atoms with Gasteiger partial charge in [0.25, 0.3) is 0 Å². The number of nitrogens with one attached hydrogen (secondary N) is 1.